The van der Waals surface area contributed by atoms with Gasteiger partial charge in [-0.15, -0.1) is 0 Å². The number of hydrogen-bond acceptors (Lipinski definition) is 4. The van der Waals surface area contributed by atoms with Gasteiger partial charge in [0.1, 0.15) is 0 Å². The van der Waals surface area contributed by atoms with Gasteiger partial charge in [0, 0.05) is 0 Å². The van der Waals surface area contributed by atoms with E-state index in [1.54, 1.807) is 12.1 Å². The number of rotatable bonds is 4. The highest BCUT2D eigenvalue weighted by Crippen LogP contribution is 2.28. The number of aryl methyl sites for hydroxylation is 1. The van der Waals surface area contributed by atoms with Crippen LogP contribution in [0, 0.1) is 6.92 Å². The summed E-state index contributed by atoms with van der Waals surface area (Å²) in [6.07, 6.45) is -0.853. The molecule has 1 atom stereocenters. The smallest absolute Gasteiger partial charge is 0.318 e. The summed E-state index contributed by atoms with van der Waals surface area (Å²) in [5.74, 6) is 0.342. The molecule has 0 saturated heterocycles. The lowest BCUT2D eigenvalue weighted by Gasteiger charge is -2.16. The topological polar surface area (TPSA) is 90.7 Å². The number of urea groups is 1. The van der Waals surface area contributed by atoms with Crippen molar-refractivity contribution in [2.24, 2.45) is 5.73 Å². The molecule has 0 aliphatic heterocycles. The zero-order chi connectivity index (χ0) is 13.7. The van der Waals surface area contributed by atoms with E-state index in [0.29, 0.717) is 11.5 Å². The number of ether oxygens (including phenoxy) is 2. The van der Waals surface area contributed by atoms with Crippen molar-refractivity contribution < 1.29 is 19.1 Å². The molecule has 0 unspecified atom stereocenters. The molecule has 6 nitrogen and oxygen atoms in total. The van der Waals surface area contributed by atoms with Gasteiger partial charge in [-0.2, -0.15) is 0 Å². The summed E-state index contributed by atoms with van der Waals surface area (Å²) >= 11 is 0. The van der Waals surface area contributed by atoms with Crippen molar-refractivity contribution >= 4 is 11.9 Å². The summed E-state index contributed by atoms with van der Waals surface area (Å²) in [4.78, 5) is 22.0. The van der Waals surface area contributed by atoms with Crippen LogP contribution < -0.4 is 20.5 Å². The Labute approximate surface area is 105 Å². The number of carbonyl (C=O) groups excluding carboxylic acids is 2. The lowest BCUT2D eigenvalue weighted by Crippen LogP contribution is -2.42. The number of carbonyl (C=O) groups is 2. The van der Waals surface area contributed by atoms with Gasteiger partial charge in [-0.1, -0.05) is 6.07 Å². The Bertz CT molecular complexity index is 459. The Balaban J connectivity index is 2.78. The average Bonchev–Trinajstić information content (AvgIpc) is 2.30. The van der Waals surface area contributed by atoms with Crippen molar-refractivity contribution in [3.05, 3.63) is 23.8 Å². The molecule has 1 aromatic rings. The summed E-state index contributed by atoms with van der Waals surface area (Å²) in [5.41, 5.74) is 5.86. The second kappa shape index (κ2) is 5.90. The van der Waals surface area contributed by atoms with Crippen LogP contribution in [0.2, 0.25) is 0 Å². The van der Waals surface area contributed by atoms with Crippen LogP contribution in [-0.2, 0) is 4.79 Å². The SMILES string of the molecule is COc1cc(C)ccc1O[C@H](C)C(=O)NC(N)=O. The number of nitrogens with two attached hydrogens (primary N) is 1. The van der Waals surface area contributed by atoms with Gasteiger partial charge < -0.3 is 15.2 Å². The molecule has 98 valence electrons. The van der Waals surface area contributed by atoms with Gasteiger partial charge in [-0.3, -0.25) is 10.1 Å². The van der Waals surface area contributed by atoms with E-state index >= 15 is 0 Å². The summed E-state index contributed by atoms with van der Waals surface area (Å²) in [7, 11) is 1.51. The molecule has 3 amide bonds. The van der Waals surface area contributed by atoms with Crippen molar-refractivity contribution in [3.8, 4) is 11.5 Å². The van der Waals surface area contributed by atoms with E-state index in [1.165, 1.54) is 14.0 Å². The molecule has 0 fully saturated rings. The summed E-state index contributed by atoms with van der Waals surface area (Å²) in [5, 5.41) is 1.95. The molecule has 0 aliphatic rings. The van der Waals surface area contributed by atoms with Crippen molar-refractivity contribution in [1.82, 2.24) is 5.32 Å². The Kier molecular flexibility index (Phi) is 4.53. The number of imide groups is 1. The van der Waals surface area contributed by atoms with Crippen molar-refractivity contribution in [3.63, 3.8) is 0 Å². The van der Waals surface area contributed by atoms with Gasteiger partial charge in [0.15, 0.2) is 17.6 Å². The molecule has 0 radical (unpaired) electrons. The Morgan fingerprint density at radius 2 is 2.00 bits per heavy atom. The second-order valence-electron chi connectivity index (χ2n) is 3.77. The van der Waals surface area contributed by atoms with Crippen LogP contribution in [0.3, 0.4) is 0 Å². The first-order valence-electron chi connectivity index (χ1n) is 5.35. The Hall–Kier alpha value is -2.24. The number of primary amides is 1. The maximum atomic E-state index is 11.4. The number of methoxy groups -OCH3 is 1. The fourth-order valence-electron chi connectivity index (χ4n) is 1.34. The molecular formula is C12H16N2O4. The predicted molar refractivity (Wildman–Crippen MR) is 65.5 cm³/mol. The summed E-state index contributed by atoms with van der Waals surface area (Å²) in [6, 6.07) is 4.40. The first kappa shape index (κ1) is 13.8. The maximum absolute atomic E-state index is 11.4. The Morgan fingerprint density at radius 3 is 2.56 bits per heavy atom. The third kappa shape index (κ3) is 3.65. The summed E-state index contributed by atoms with van der Waals surface area (Å²) in [6.45, 7) is 3.42. The highest BCUT2D eigenvalue weighted by Gasteiger charge is 2.17. The molecule has 0 saturated carbocycles. The van der Waals surface area contributed by atoms with E-state index in [4.69, 9.17) is 15.2 Å². The fraction of sp³-hybridized carbons (Fsp3) is 0.333. The molecule has 1 aromatic carbocycles. The molecule has 1 rings (SSSR count). The van der Waals surface area contributed by atoms with Crippen LogP contribution in [0.4, 0.5) is 4.79 Å². The number of amides is 3. The van der Waals surface area contributed by atoms with E-state index in [0.717, 1.165) is 5.56 Å². The zero-order valence-electron chi connectivity index (χ0n) is 10.5. The highest BCUT2D eigenvalue weighted by molar-refractivity contribution is 5.95. The first-order valence-corrected chi connectivity index (χ1v) is 5.35. The molecule has 18 heavy (non-hydrogen) atoms. The highest BCUT2D eigenvalue weighted by atomic mass is 16.5. The largest absolute Gasteiger partial charge is 0.493 e. The molecule has 0 spiro atoms. The lowest BCUT2D eigenvalue weighted by molar-refractivity contribution is -0.126. The third-order valence-electron chi connectivity index (χ3n) is 2.24. The van der Waals surface area contributed by atoms with E-state index in [9.17, 15) is 9.59 Å². The van der Waals surface area contributed by atoms with Crippen LogP contribution >= 0.6 is 0 Å². The molecule has 6 heteroatoms. The van der Waals surface area contributed by atoms with Gasteiger partial charge in [-0.25, -0.2) is 4.79 Å². The van der Waals surface area contributed by atoms with Crippen molar-refractivity contribution in [2.45, 2.75) is 20.0 Å². The van der Waals surface area contributed by atoms with Crippen LogP contribution in [0.5, 0.6) is 11.5 Å². The Morgan fingerprint density at radius 1 is 1.33 bits per heavy atom. The second-order valence-corrected chi connectivity index (χ2v) is 3.77. The number of nitrogens with one attached hydrogen (secondary N) is 1. The normalized spacial score (nSPS) is 11.5. The van der Waals surface area contributed by atoms with Gasteiger partial charge in [0.2, 0.25) is 0 Å². The zero-order valence-corrected chi connectivity index (χ0v) is 10.5. The van der Waals surface area contributed by atoms with Crippen LogP contribution in [0.15, 0.2) is 18.2 Å². The molecule has 0 aromatic heterocycles. The van der Waals surface area contributed by atoms with E-state index in [1.807, 2.05) is 18.3 Å². The van der Waals surface area contributed by atoms with Crippen molar-refractivity contribution in [2.75, 3.05) is 7.11 Å². The minimum Gasteiger partial charge on any atom is -0.493 e. The van der Waals surface area contributed by atoms with E-state index in [2.05, 4.69) is 0 Å². The van der Waals surface area contributed by atoms with E-state index in [-0.39, 0.29) is 0 Å². The minimum absolute atomic E-state index is 0.426. The third-order valence-corrected chi connectivity index (χ3v) is 2.24. The standard InChI is InChI=1S/C12H16N2O4/c1-7-4-5-9(10(6-7)17-3)18-8(2)11(15)14-12(13)16/h4-6,8H,1-3H3,(H3,13,14,15,16)/t8-/m1/s1. The van der Waals surface area contributed by atoms with Crippen LogP contribution in [0.25, 0.3) is 0 Å². The van der Waals surface area contributed by atoms with Crippen LogP contribution in [-0.4, -0.2) is 25.2 Å². The van der Waals surface area contributed by atoms with Gasteiger partial charge in [-0.05, 0) is 31.5 Å². The minimum atomic E-state index is -0.911. The van der Waals surface area contributed by atoms with Crippen molar-refractivity contribution in [1.29, 1.82) is 0 Å². The number of hydrogen-bond donors (Lipinski definition) is 2. The van der Waals surface area contributed by atoms with Gasteiger partial charge >= 0.3 is 6.03 Å². The molecule has 3 N–H and O–H groups in total. The molecular weight excluding hydrogens is 236 g/mol. The molecule has 0 bridgehead atoms. The molecule has 0 heterocycles. The van der Waals surface area contributed by atoms with Gasteiger partial charge in [0.05, 0.1) is 7.11 Å². The number of benzene rings is 1. The monoisotopic (exact) mass is 252 g/mol. The average molecular weight is 252 g/mol. The van der Waals surface area contributed by atoms with Gasteiger partial charge in [0.25, 0.3) is 5.91 Å². The fourth-order valence-corrected chi connectivity index (χ4v) is 1.34. The quantitative estimate of drug-likeness (QED) is 0.835. The van der Waals surface area contributed by atoms with E-state index < -0.39 is 18.0 Å². The molecule has 0 aliphatic carbocycles. The predicted octanol–water partition coefficient (Wildman–Crippen LogP) is 0.966. The lowest BCUT2D eigenvalue weighted by atomic mass is 10.2. The van der Waals surface area contributed by atoms with Crippen LogP contribution in [0.1, 0.15) is 12.5 Å². The first-order chi connectivity index (χ1) is 8.43. The maximum Gasteiger partial charge on any atom is 0.318 e. The summed E-state index contributed by atoms with van der Waals surface area (Å²) < 4.78 is 10.5.